The average Bonchev–Trinajstić information content (AvgIpc) is 2.91. The minimum Gasteiger partial charge on any atom is -0.483 e. The molecule has 1 saturated carbocycles. The molecule has 1 fully saturated rings. The predicted molar refractivity (Wildman–Crippen MR) is 90.3 cm³/mol. The van der Waals surface area contributed by atoms with Crippen molar-refractivity contribution in [2.24, 2.45) is 5.92 Å². The van der Waals surface area contributed by atoms with E-state index < -0.39 is 0 Å². The van der Waals surface area contributed by atoms with Crippen LogP contribution in [0.3, 0.4) is 0 Å². The summed E-state index contributed by atoms with van der Waals surface area (Å²) in [6.07, 6.45) is 2.97. The first kappa shape index (κ1) is 17.8. The third-order valence-corrected chi connectivity index (χ3v) is 4.43. The van der Waals surface area contributed by atoms with Crippen LogP contribution in [0.2, 0.25) is 0 Å². The molecule has 0 radical (unpaired) electrons. The molecule has 23 heavy (non-hydrogen) atoms. The van der Waals surface area contributed by atoms with E-state index in [0.717, 1.165) is 43.7 Å². The number of carbonyl (C=O) groups excluding carboxylic acids is 1. The summed E-state index contributed by atoms with van der Waals surface area (Å²) in [6.45, 7) is 1.68. The van der Waals surface area contributed by atoms with Crippen LogP contribution in [0.15, 0.2) is 24.3 Å². The molecular formula is C18H28N2O3. The van der Waals surface area contributed by atoms with Crippen molar-refractivity contribution in [1.29, 1.82) is 0 Å². The third-order valence-electron chi connectivity index (χ3n) is 4.43. The smallest absolute Gasteiger partial charge is 0.259 e. The van der Waals surface area contributed by atoms with Gasteiger partial charge in [0.2, 0.25) is 0 Å². The second-order valence-corrected chi connectivity index (χ2v) is 6.64. The lowest BCUT2D eigenvalue weighted by atomic mass is 10.1. The molecule has 1 aliphatic carbocycles. The number of para-hydroxylation sites is 1. The van der Waals surface area contributed by atoms with Gasteiger partial charge < -0.3 is 19.6 Å². The highest BCUT2D eigenvalue weighted by molar-refractivity contribution is 5.77. The van der Waals surface area contributed by atoms with Crippen LogP contribution in [0.5, 0.6) is 5.75 Å². The zero-order valence-corrected chi connectivity index (χ0v) is 14.4. The lowest BCUT2D eigenvalue weighted by molar-refractivity contribution is -0.130. The van der Waals surface area contributed by atoms with Crippen LogP contribution in [0.4, 0.5) is 0 Å². The highest BCUT2D eigenvalue weighted by atomic mass is 16.5. The molecule has 1 aromatic carbocycles. The van der Waals surface area contributed by atoms with Gasteiger partial charge in [-0.05, 0) is 31.9 Å². The molecule has 0 spiro atoms. The van der Waals surface area contributed by atoms with Crippen molar-refractivity contribution in [2.45, 2.75) is 31.9 Å². The second-order valence-electron chi connectivity index (χ2n) is 6.64. The van der Waals surface area contributed by atoms with E-state index in [-0.39, 0.29) is 18.6 Å². The van der Waals surface area contributed by atoms with Gasteiger partial charge in [0.05, 0.1) is 6.10 Å². The monoisotopic (exact) mass is 320 g/mol. The van der Waals surface area contributed by atoms with Gasteiger partial charge in [-0.1, -0.05) is 24.6 Å². The summed E-state index contributed by atoms with van der Waals surface area (Å²) >= 11 is 0. The van der Waals surface area contributed by atoms with Crippen molar-refractivity contribution in [2.75, 3.05) is 34.3 Å². The van der Waals surface area contributed by atoms with Gasteiger partial charge >= 0.3 is 0 Å². The Balaban J connectivity index is 1.92. The first-order valence-corrected chi connectivity index (χ1v) is 8.25. The molecule has 0 heterocycles. The van der Waals surface area contributed by atoms with Crippen molar-refractivity contribution in [1.82, 2.24) is 9.80 Å². The van der Waals surface area contributed by atoms with Gasteiger partial charge in [-0.2, -0.15) is 0 Å². The third kappa shape index (κ3) is 5.22. The van der Waals surface area contributed by atoms with E-state index in [9.17, 15) is 9.90 Å². The number of hydrogen-bond donors (Lipinski definition) is 1. The van der Waals surface area contributed by atoms with E-state index in [4.69, 9.17) is 4.74 Å². The maximum atomic E-state index is 11.7. The summed E-state index contributed by atoms with van der Waals surface area (Å²) in [5, 5.41) is 9.96. The van der Waals surface area contributed by atoms with Gasteiger partial charge in [0.25, 0.3) is 5.91 Å². The molecule has 2 atom stereocenters. The number of ether oxygens (including phenoxy) is 1. The Hall–Kier alpha value is -1.59. The lowest BCUT2D eigenvalue weighted by Gasteiger charge is -2.24. The first-order valence-electron chi connectivity index (χ1n) is 8.25. The molecule has 1 amide bonds. The minimum atomic E-state index is -0.165. The van der Waals surface area contributed by atoms with Crippen molar-refractivity contribution < 1.29 is 14.6 Å². The van der Waals surface area contributed by atoms with Crippen LogP contribution in [-0.4, -0.2) is 61.2 Å². The van der Waals surface area contributed by atoms with Crippen LogP contribution in [0, 0.1) is 5.92 Å². The van der Waals surface area contributed by atoms with Crippen LogP contribution in [0.1, 0.15) is 24.8 Å². The summed E-state index contributed by atoms with van der Waals surface area (Å²) in [7, 11) is 5.50. The topological polar surface area (TPSA) is 53.0 Å². The number of aliphatic hydroxyl groups is 1. The number of amides is 1. The summed E-state index contributed by atoms with van der Waals surface area (Å²) in [6, 6.07) is 7.82. The molecule has 0 aromatic heterocycles. The fraction of sp³-hybridized carbons (Fsp3) is 0.611. The Morgan fingerprint density at radius 2 is 2.00 bits per heavy atom. The Labute approximate surface area is 138 Å². The van der Waals surface area contributed by atoms with E-state index in [1.54, 1.807) is 14.1 Å². The Bertz CT molecular complexity index is 519. The van der Waals surface area contributed by atoms with E-state index in [1.165, 1.54) is 4.90 Å². The molecule has 2 rings (SSSR count). The van der Waals surface area contributed by atoms with Crippen molar-refractivity contribution >= 4 is 5.91 Å². The highest BCUT2D eigenvalue weighted by Crippen LogP contribution is 2.27. The summed E-state index contributed by atoms with van der Waals surface area (Å²) < 4.78 is 5.68. The van der Waals surface area contributed by atoms with Gasteiger partial charge in [0.15, 0.2) is 6.61 Å². The van der Waals surface area contributed by atoms with Crippen molar-refractivity contribution in [3.63, 3.8) is 0 Å². The minimum absolute atomic E-state index is 0.0507. The fourth-order valence-corrected chi connectivity index (χ4v) is 3.03. The SMILES string of the molecule is CN(Cc1ccccc1OCC(=O)N(C)C)CC1CCCC1O. The Morgan fingerprint density at radius 1 is 1.26 bits per heavy atom. The molecule has 0 aliphatic heterocycles. The quantitative estimate of drug-likeness (QED) is 0.831. The summed E-state index contributed by atoms with van der Waals surface area (Å²) in [4.78, 5) is 15.4. The predicted octanol–water partition coefficient (Wildman–Crippen LogP) is 1.75. The van der Waals surface area contributed by atoms with Gasteiger partial charge in [0, 0.05) is 32.7 Å². The maximum Gasteiger partial charge on any atom is 0.259 e. The van der Waals surface area contributed by atoms with Crippen LogP contribution < -0.4 is 4.74 Å². The standard InChI is InChI=1S/C18H28N2O3/c1-19(2)18(22)13-23-17-10-5-4-7-15(17)12-20(3)11-14-8-6-9-16(14)21/h4-5,7,10,14,16,21H,6,8-9,11-13H2,1-3H3. The Kier molecular flexibility index (Phi) is 6.42. The van der Waals surface area contributed by atoms with Gasteiger partial charge in [-0.25, -0.2) is 0 Å². The summed E-state index contributed by atoms with van der Waals surface area (Å²) in [5.74, 6) is 1.06. The van der Waals surface area contributed by atoms with Crippen LogP contribution >= 0.6 is 0 Å². The van der Waals surface area contributed by atoms with Gasteiger partial charge in [-0.3, -0.25) is 4.79 Å². The zero-order valence-electron chi connectivity index (χ0n) is 14.4. The Morgan fingerprint density at radius 3 is 2.65 bits per heavy atom. The summed E-state index contributed by atoms with van der Waals surface area (Å²) in [5.41, 5.74) is 1.06. The number of benzene rings is 1. The van der Waals surface area contributed by atoms with Crippen molar-refractivity contribution in [3.8, 4) is 5.75 Å². The number of likely N-dealkylation sites (N-methyl/N-ethyl adjacent to an activating group) is 1. The zero-order chi connectivity index (χ0) is 16.8. The second kappa shape index (κ2) is 8.31. The normalized spacial score (nSPS) is 20.7. The van der Waals surface area contributed by atoms with Gasteiger partial charge in [-0.15, -0.1) is 0 Å². The van der Waals surface area contributed by atoms with E-state index in [2.05, 4.69) is 11.9 Å². The molecule has 5 heteroatoms. The number of aliphatic hydroxyl groups excluding tert-OH is 1. The fourth-order valence-electron chi connectivity index (χ4n) is 3.03. The molecule has 1 N–H and O–H groups in total. The number of carbonyl (C=O) groups is 1. The molecule has 1 aromatic rings. The average molecular weight is 320 g/mol. The van der Waals surface area contributed by atoms with E-state index in [0.29, 0.717) is 5.92 Å². The largest absolute Gasteiger partial charge is 0.483 e. The van der Waals surface area contributed by atoms with E-state index in [1.807, 2.05) is 24.3 Å². The van der Waals surface area contributed by atoms with Crippen LogP contribution in [-0.2, 0) is 11.3 Å². The molecule has 0 bridgehead atoms. The first-order chi connectivity index (χ1) is 11.0. The number of nitrogens with zero attached hydrogens (tertiary/aromatic N) is 2. The maximum absolute atomic E-state index is 11.7. The molecule has 1 aliphatic rings. The highest BCUT2D eigenvalue weighted by Gasteiger charge is 2.26. The van der Waals surface area contributed by atoms with Gasteiger partial charge in [0.1, 0.15) is 5.75 Å². The van der Waals surface area contributed by atoms with Crippen LogP contribution in [0.25, 0.3) is 0 Å². The number of hydrogen-bond acceptors (Lipinski definition) is 4. The van der Waals surface area contributed by atoms with E-state index >= 15 is 0 Å². The van der Waals surface area contributed by atoms with Crippen molar-refractivity contribution in [3.05, 3.63) is 29.8 Å². The number of rotatable bonds is 7. The molecular weight excluding hydrogens is 292 g/mol. The molecule has 5 nitrogen and oxygen atoms in total. The molecule has 2 unspecified atom stereocenters. The molecule has 128 valence electrons. The molecule has 0 saturated heterocycles. The lowest BCUT2D eigenvalue weighted by Crippen LogP contribution is -2.30.